The molecule has 3 rings (SSSR count). The Morgan fingerprint density at radius 3 is 2.22 bits per heavy atom. The van der Waals surface area contributed by atoms with Crippen LogP contribution >= 0.6 is 11.8 Å². The predicted octanol–water partition coefficient (Wildman–Crippen LogP) is 0.908. The van der Waals surface area contributed by atoms with Gasteiger partial charge in [-0.05, 0) is 12.0 Å². The van der Waals surface area contributed by atoms with Gasteiger partial charge in [-0.1, -0.05) is 13.8 Å². The molecule has 9 heteroatoms. The maximum Gasteiger partial charge on any atom is 0.318 e. The van der Waals surface area contributed by atoms with Gasteiger partial charge in [-0.2, -0.15) is 11.8 Å². The number of carbonyl (C=O) groups is 2. The molecular weight excluding hydrogens is 364 g/mol. The highest BCUT2D eigenvalue weighted by molar-refractivity contribution is 7.99. The van der Waals surface area contributed by atoms with Gasteiger partial charge in [0, 0.05) is 63.2 Å². The molecule has 1 aromatic rings. The number of hydrogen-bond donors (Lipinski definition) is 1. The molecule has 1 N–H and O–H groups in total. The van der Waals surface area contributed by atoms with E-state index in [-0.39, 0.29) is 17.9 Å². The fourth-order valence-corrected chi connectivity index (χ4v) is 4.19. The Balaban J connectivity index is 1.54. The fourth-order valence-electron chi connectivity index (χ4n) is 3.28. The van der Waals surface area contributed by atoms with Crippen LogP contribution in [0.2, 0.25) is 0 Å². The maximum absolute atomic E-state index is 12.9. The van der Waals surface area contributed by atoms with E-state index in [1.807, 2.05) is 30.5 Å². The van der Waals surface area contributed by atoms with E-state index in [1.165, 1.54) is 0 Å². The fraction of sp³-hybridized carbons (Fsp3) is 0.667. The smallest absolute Gasteiger partial charge is 0.318 e. The van der Waals surface area contributed by atoms with Gasteiger partial charge in [-0.3, -0.25) is 4.79 Å². The lowest BCUT2D eigenvalue weighted by Gasteiger charge is -2.37. The SMILES string of the molecule is CC(C)C(NC(=O)N1CCN(c2ncccn2)CC1)C(=O)N1CCSCC1. The summed E-state index contributed by atoms with van der Waals surface area (Å²) >= 11 is 1.87. The van der Waals surface area contributed by atoms with Crippen LogP contribution in [0.4, 0.5) is 10.7 Å². The van der Waals surface area contributed by atoms with E-state index in [9.17, 15) is 9.59 Å². The highest BCUT2D eigenvalue weighted by Crippen LogP contribution is 2.14. The van der Waals surface area contributed by atoms with Crippen LogP contribution in [0.1, 0.15) is 13.8 Å². The number of aromatic nitrogens is 2. The summed E-state index contributed by atoms with van der Waals surface area (Å²) in [6.45, 7) is 8.02. The minimum Gasteiger partial charge on any atom is -0.339 e. The Kier molecular flexibility index (Phi) is 6.76. The zero-order chi connectivity index (χ0) is 19.2. The summed E-state index contributed by atoms with van der Waals surface area (Å²) in [5.41, 5.74) is 0. The quantitative estimate of drug-likeness (QED) is 0.820. The number of thioether (sulfide) groups is 1. The zero-order valence-electron chi connectivity index (χ0n) is 16.0. The average Bonchev–Trinajstić information content (AvgIpc) is 2.72. The summed E-state index contributed by atoms with van der Waals surface area (Å²) in [5, 5.41) is 2.98. The number of hydrogen-bond acceptors (Lipinski definition) is 6. The van der Waals surface area contributed by atoms with Gasteiger partial charge in [0.05, 0.1) is 0 Å². The Hall–Kier alpha value is -2.03. The second kappa shape index (κ2) is 9.25. The topological polar surface area (TPSA) is 81.7 Å². The molecule has 2 aliphatic rings. The number of anilines is 1. The standard InChI is InChI=1S/C18H28N6O2S/c1-14(2)15(16(25)22-10-12-27-13-11-22)21-18(26)24-8-6-23(7-9-24)17-19-4-3-5-20-17/h3-5,14-15H,6-13H2,1-2H3,(H,21,26). The molecule has 148 valence electrons. The molecule has 1 atom stereocenters. The third-order valence-electron chi connectivity index (χ3n) is 4.94. The first-order valence-electron chi connectivity index (χ1n) is 9.50. The third-order valence-corrected chi connectivity index (χ3v) is 5.88. The molecule has 2 fully saturated rings. The molecule has 0 aliphatic carbocycles. The number of amides is 3. The van der Waals surface area contributed by atoms with Gasteiger partial charge in [0.15, 0.2) is 0 Å². The van der Waals surface area contributed by atoms with Gasteiger partial charge in [-0.25, -0.2) is 14.8 Å². The first kappa shape index (κ1) is 19.7. The van der Waals surface area contributed by atoms with Crippen LogP contribution < -0.4 is 10.2 Å². The molecule has 0 bridgehead atoms. The van der Waals surface area contributed by atoms with Crippen LogP contribution in [-0.4, -0.2) is 88.5 Å². The molecule has 1 aromatic heterocycles. The van der Waals surface area contributed by atoms with Crippen LogP contribution in [-0.2, 0) is 4.79 Å². The summed E-state index contributed by atoms with van der Waals surface area (Å²) < 4.78 is 0. The molecule has 0 spiro atoms. The van der Waals surface area contributed by atoms with Crippen LogP contribution in [0.25, 0.3) is 0 Å². The molecule has 2 aliphatic heterocycles. The molecule has 2 saturated heterocycles. The summed E-state index contributed by atoms with van der Waals surface area (Å²) in [5.74, 6) is 2.71. The monoisotopic (exact) mass is 392 g/mol. The molecule has 0 saturated carbocycles. The van der Waals surface area contributed by atoms with Gasteiger partial charge in [0.2, 0.25) is 11.9 Å². The van der Waals surface area contributed by atoms with Crippen molar-refractivity contribution in [3.63, 3.8) is 0 Å². The number of nitrogens with one attached hydrogen (secondary N) is 1. The Morgan fingerprint density at radius 2 is 1.63 bits per heavy atom. The van der Waals surface area contributed by atoms with E-state index in [2.05, 4.69) is 20.2 Å². The highest BCUT2D eigenvalue weighted by atomic mass is 32.2. The highest BCUT2D eigenvalue weighted by Gasteiger charge is 2.31. The van der Waals surface area contributed by atoms with Crippen molar-refractivity contribution in [2.24, 2.45) is 5.92 Å². The van der Waals surface area contributed by atoms with Crippen molar-refractivity contribution in [3.8, 4) is 0 Å². The molecule has 3 amide bonds. The maximum atomic E-state index is 12.9. The Morgan fingerprint density at radius 1 is 1.00 bits per heavy atom. The van der Waals surface area contributed by atoms with E-state index in [1.54, 1.807) is 23.4 Å². The zero-order valence-corrected chi connectivity index (χ0v) is 16.8. The number of carbonyl (C=O) groups excluding carboxylic acids is 2. The van der Waals surface area contributed by atoms with E-state index in [4.69, 9.17) is 0 Å². The van der Waals surface area contributed by atoms with Crippen molar-refractivity contribution in [1.29, 1.82) is 0 Å². The van der Waals surface area contributed by atoms with Crippen molar-refractivity contribution < 1.29 is 9.59 Å². The van der Waals surface area contributed by atoms with Gasteiger partial charge in [0.25, 0.3) is 0 Å². The normalized spacial score (nSPS) is 19.1. The van der Waals surface area contributed by atoms with E-state index >= 15 is 0 Å². The Bertz CT molecular complexity index is 630. The lowest BCUT2D eigenvalue weighted by Crippen LogP contribution is -2.58. The minimum atomic E-state index is -0.476. The van der Waals surface area contributed by atoms with Crippen LogP contribution in [0.3, 0.4) is 0 Å². The molecule has 3 heterocycles. The first-order chi connectivity index (χ1) is 13.1. The van der Waals surface area contributed by atoms with Crippen molar-refractivity contribution in [2.75, 3.05) is 55.7 Å². The summed E-state index contributed by atoms with van der Waals surface area (Å²) in [4.78, 5) is 39.8. The minimum absolute atomic E-state index is 0.0370. The third kappa shape index (κ3) is 5.03. The molecule has 0 radical (unpaired) electrons. The second-order valence-electron chi connectivity index (χ2n) is 7.13. The predicted molar refractivity (Wildman–Crippen MR) is 107 cm³/mol. The Labute approximate surface area is 164 Å². The average molecular weight is 393 g/mol. The van der Waals surface area contributed by atoms with Crippen molar-refractivity contribution in [1.82, 2.24) is 25.1 Å². The van der Waals surface area contributed by atoms with Crippen molar-refractivity contribution >= 4 is 29.6 Å². The summed E-state index contributed by atoms with van der Waals surface area (Å²) in [6, 6.07) is 1.15. The van der Waals surface area contributed by atoms with Gasteiger partial charge >= 0.3 is 6.03 Å². The van der Waals surface area contributed by atoms with Crippen LogP contribution in [0.15, 0.2) is 18.5 Å². The number of nitrogens with zero attached hydrogens (tertiary/aromatic N) is 5. The lowest BCUT2D eigenvalue weighted by atomic mass is 10.0. The lowest BCUT2D eigenvalue weighted by molar-refractivity contribution is -0.133. The number of rotatable bonds is 4. The molecule has 27 heavy (non-hydrogen) atoms. The van der Waals surface area contributed by atoms with Crippen molar-refractivity contribution in [3.05, 3.63) is 18.5 Å². The van der Waals surface area contributed by atoms with E-state index < -0.39 is 6.04 Å². The summed E-state index contributed by atoms with van der Waals surface area (Å²) in [7, 11) is 0. The molecular formula is C18H28N6O2S. The molecule has 8 nitrogen and oxygen atoms in total. The van der Waals surface area contributed by atoms with Crippen molar-refractivity contribution in [2.45, 2.75) is 19.9 Å². The number of piperazine rings is 1. The molecule has 1 unspecified atom stereocenters. The summed E-state index contributed by atoms with van der Waals surface area (Å²) in [6.07, 6.45) is 3.44. The second-order valence-corrected chi connectivity index (χ2v) is 8.36. The first-order valence-corrected chi connectivity index (χ1v) is 10.7. The number of urea groups is 1. The molecule has 0 aromatic carbocycles. The van der Waals surface area contributed by atoms with E-state index in [0.29, 0.717) is 32.1 Å². The van der Waals surface area contributed by atoms with E-state index in [0.717, 1.165) is 24.6 Å². The van der Waals surface area contributed by atoms with Crippen LogP contribution in [0.5, 0.6) is 0 Å². The van der Waals surface area contributed by atoms with Gasteiger partial charge in [-0.15, -0.1) is 0 Å². The van der Waals surface area contributed by atoms with Gasteiger partial charge in [0.1, 0.15) is 6.04 Å². The van der Waals surface area contributed by atoms with Crippen LogP contribution in [0, 0.1) is 5.92 Å². The van der Waals surface area contributed by atoms with Gasteiger partial charge < -0.3 is 20.0 Å². The largest absolute Gasteiger partial charge is 0.339 e.